The second-order valence-corrected chi connectivity index (χ2v) is 8.48. The zero-order chi connectivity index (χ0) is 19.0. The Morgan fingerprint density at radius 2 is 2.11 bits per heavy atom. The Morgan fingerprint density at radius 3 is 2.89 bits per heavy atom. The molecule has 1 saturated heterocycles. The largest absolute Gasteiger partial charge is 0.423 e. The number of hydrogen-bond donors (Lipinski definition) is 1. The number of hydrogen-bond acceptors (Lipinski definition) is 5. The SMILES string of the molecule is Cc1cc(S(=O)(=O)NCC2CCCN2c2nc3ccccc3o2)ccc1F. The fraction of sp³-hybridized carbons (Fsp3) is 0.316. The van der Waals surface area contributed by atoms with E-state index in [9.17, 15) is 12.8 Å². The van der Waals surface area contributed by atoms with Gasteiger partial charge in [0, 0.05) is 19.1 Å². The lowest BCUT2D eigenvalue weighted by atomic mass is 10.2. The van der Waals surface area contributed by atoms with E-state index >= 15 is 0 Å². The molecule has 1 aliphatic heterocycles. The zero-order valence-corrected chi connectivity index (χ0v) is 15.7. The maximum atomic E-state index is 13.4. The summed E-state index contributed by atoms with van der Waals surface area (Å²) in [6.45, 7) is 2.53. The first-order valence-corrected chi connectivity index (χ1v) is 10.3. The van der Waals surface area contributed by atoms with E-state index in [0.717, 1.165) is 24.9 Å². The van der Waals surface area contributed by atoms with Crippen LogP contribution in [0.2, 0.25) is 0 Å². The molecule has 0 aliphatic carbocycles. The van der Waals surface area contributed by atoms with E-state index in [1.165, 1.54) is 18.2 Å². The summed E-state index contributed by atoms with van der Waals surface area (Å²) >= 11 is 0. The van der Waals surface area contributed by atoms with E-state index in [-0.39, 0.29) is 17.5 Å². The molecule has 1 unspecified atom stereocenters. The third-order valence-electron chi connectivity index (χ3n) is 4.85. The lowest BCUT2D eigenvalue weighted by Crippen LogP contribution is -2.40. The van der Waals surface area contributed by atoms with Gasteiger partial charge in [0.05, 0.1) is 4.90 Å². The first kappa shape index (κ1) is 17.9. The van der Waals surface area contributed by atoms with Crippen LogP contribution in [0, 0.1) is 12.7 Å². The third-order valence-corrected chi connectivity index (χ3v) is 6.28. The Labute approximate surface area is 157 Å². The number of halogens is 1. The molecule has 3 aromatic rings. The Balaban J connectivity index is 1.50. The van der Waals surface area contributed by atoms with Crippen molar-refractivity contribution in [3.05, 3.63) is 53.8 Å². The number of nitrogens with zero attached hydrogens (tertiary/aromatic N) is 2. The number of anilines is 1. The molecule has 0 spiro atoms. The molecule has 0 saturated carbocycles. The molecule has 1 atom stereocenters. The number of oxazole rings is 1. The predicted octanol–water partition coefficient (Wildman–Crippen LogP) is 3.22. The van der Waals surface area contributed by atoms with Crippen LogP contribution in [-0.2, 0) is 10.0 Å². The van der Waals surface area contributed by atoms with Crippen molar-refractivity contribution in [3.8, 4) is 0 Å². The summed E-state index contributed by atoms with van der Waals surface area (Å²) in [7, 11) is -3.71. The predicted molar refractivity (Wildman–Crippen MR) is 101 cm³/mol. The van der Waals surface area contributed by atoms with Crippen LogP contribution >= 0.6 is 0 Å². The van der Waals surface area contributed by atoms with Crippen molar-refractivity contribution in [1.82, 2.24) is 9.71 Å². The highest BCUT2D eigenvalue weighted by Crippen LogP contribution is 2.28. The summed E-state index contributed by atoms with van der Waals surface area (Å²) in [5.41, 5.74) is 1.79. The molecule has 27 heavy (non-hydrogen) atoms. The molecular weight excluding hydrogens is 369 g/mol. The normalized spacial score (nSPS) is 17.7. The molecule has 0 bridgehead atoms. The summed E-state index contributed by atoms with van der Waals surface area (Å²) in [5.74, 6) is -0.424. The second kappa shape index (κ2) is 6.94. The van der Waals surface area contributed by atoms with Gasteiger partial charge in [-0.1, -0.05) is 12.1 Å². The topological polar surface area (TPSA) is 75.4 Å². The molecular formula is C19H20FN3O3S. The Bertz CT molecular complexity index is 1050. The van der Waals surface area contributed by atoms with Crippen LogP contribution in [0.3, 0.4) is 0 Å². The summed E-state index contributed by atoms with van der Waals surface area (Å²) in [6.07, 6.45) is 1.77. The van der Waals surface area contributed by atoms with Gasteiger partial charge in [-0.05, 0) is 55.7 Å². The van der Waals surface area contributed by atoms with Gasteiger partial charge in [-0.2, -0.15) is 4.98 Å². The highest BCUT2D eigenvalue weighted by Gasteiger charge is 2.29. The minimum absolute atomic E-state index is 0.0469. The Kier molecular flexibility index (Phi) is 4.61. The van der Waals surface area contributed by atoms with Crippen molar-refractivity contribution in [3.63, 3.8) is 0 Å². The van der Waals surface area contributed by atoms with E-state index in [4.69, 9.17) is 4.42 Å². The standard InChI is InChI=1S/C19H20FN3O3S/c1-13-11-15(8-9-16(13)20)27(24,25)21-12-14-5-4-10-23(14)19-22-17-6-2-3-7-18(17)26-19/h2-3,6-9,11,14,21H,4-5,10,12H2,1H3. The molecule has 142 valence electrons. The third kappa shape index (κ3) is 3.54. The van der Waals surface area contributed by atoms with Gasteiger partial charge >= 0.3 is 0 Å². The summed E-state index contributed by atoms with van der Waals surface area (Å²) < 4.78 is 47.0. The fourth-order valence-corrected chi connectivity index (χ4v) is 4.51. The summed E-state index contributed by atoms with van der Waals surface area (Å²) in [4.78, 5) is 6.57. The van der Waals surface area contributed by atoms with Crippen LogP contribution in [-0.4, -0.2) is 32.5 Å². The van der Waals surface area contributed by atoms with Gasteiger partial charge in [0.2, 0.25) is 10.0 Å². The first-order chi connectivity index (χ1) is 12.9. The first-order valence-electron chi connectivity index (χ1n) is 8.82. The average Bonchev–Trinajstić information content (AvgIpc) is 3.28. The summed E-state index contributed by atoms with van der Waals surface area (Å²) in [5, 5.41) is 0. The zero-order valence-electron chi connectivity index (χ0n) is 14.9. The van der Waals surface area contributed by atoms with Crippen LogP contribution < -0.4 is 9.62 Å². The quantitative estimate of drug-likeness (QED) is 0.725. The van der Waals surface area contributed by atoms with Gasteiger partial charge in [-0.15, -0.1) is 0 Å². The number of nitrogens with one attached hydrogen (secondary N) is 1. The van der Waals surface area contributed by atoms with E-state index in [2.05, 4.69) is 9.71 Å². The minimum atomic E-state index is -3.71. The van der Waals surface area contributed by atoms with Crippen LogP contribution in [0.15, 0.2) is 51.8 Å². The molecule has 6 nitrogen and oxygen atoms in total. The number of benzene rings is 2. The van der Waals surface area contributed by atoms with Crippen molar-refractivity contribution in [2.24, 2.45) is 0 Å². The molecule has 2 heterocycles. The van der Waals surface area contributed by atoms with E-state index in [1.54, 1.807) is 6.92 Å². The van der Waals surface area contributed by atoms with E-state index in [1.807, 2.05) is 29.2 Å². The van der Waals surface area contributed by atoms with E-state index < -0.39 is 15.8 Å². The molecule has 2 aromatic carbocycles. The van der Waals surface area contributed by atoms with Gasteiger partial charge in [0.15, 0.2) is 5.58 Å². The van der Waals surface area contributed by atoms with Crippen LogP contribution in [0.5, 0.6) is 0 Å². The number of para-hydroxylation sites is 2. The molecule has 8 heteroatoms. The molecule has 4 rings (SSSR count). The molecule has 0 radical (unpaired) electrons. The van der Waals surface area contributed by atoms with Crippen LogP contribution in [0.25, 0.3) is 11.1 Å². The van der Waals surface area contributed by atoms with Gasteiger partial charge in [0.1, 0.15) is 11.3 Å². The monoisotopic (exact) mass is 389 g/mol. The number of aryl methyl sites for hydroxylation is 1. The maximum absolute atomic E-state index is 13.4. The molecule has 1 N–H and O–H groups in total. The molecule has 0 amide bonds. The van der Waals surface area contributed by atoms with Crippen molar-refractivity contribution in [2.45, 2.75) is 30.7 Å². The Morgan fingerprint density at radius 1 is 1.30 bits per heavy atom. The lowest BCUT2D eigenvalue weighted by molar-refractivity contribution is 0.533. The van der Waals surface area contributed by atoms with E-state index in [0.29, 0.717) is 17.2 Å². The second-order valence-electron chi connectivity index (χ2n) is 6.72. The van der Waals surface area contributed by atoms with Gasteiger partial charge in [0.25, 0.3) is 6.01 Å². The number of sulfonamides is 1. The average molecular weight is 389 g/mol. The van der Waals surface area contributed by atoms with Crippen molar-refractivity contribution < 1.29 is 17.2 Å². The summed E-state index contributed by atoms with van der Waals surface area (Å²) in [6, 6.07) is 11.8. The van der Waals surface area contributed by atoms with Crippen LogP contribution in [0.1, 0.15) is 18.4 Å². The van der Waals surface area contributed by atoms with Crippen molar-refractivity contribution in [1.29, 1.82) is 0 Å². The molecule has 1 aromatic heterocycles. The smallest absolute Gasteiger partial charge is 0.298 e. The fourth-order valence-electron chi connectivity index (χ4n) is 3.36. The van der Waals surface area contributed by atoms with Gasteiger partial charge < -0.3 is 9.32 Å². The minimum Gasteiger partial charge on any atom is -0.423 e. The van der Waals surface area contributed by atoms with Crippen molar-refractivity contribution in [2.75, 3.05) is 18.0 Å². The number of rotatable bonds is 5. The van der Waals surface area contributed by atoms with Gasteiger partial charge in [-0.25, -0.2) is 17.5 Å². The number of aromatic nitrogens is 1. The number of fused-ring (bicyclic) bond motifs is 1. The highest BCUT2D eigenvalue weighted by atomic mass is 32.2. The Hall–Kier alpha value is -2.45. The van der Waals surface area contributed by atoms with Gasteiger partial charge in [-0.3, -0.25) is 0 Å². The van der Waals surface area contributed by atoms with Crippen LogP contribution in [0.4, 0.5) is 10.4 Å². The highest BCUT2D eigenvalue weighted by molar-refractivity contribution is 7.89. The lowest BCUT2D eigenvalue weighted by Gasteiger charge is -2.23. The van der Waals surface area contributed by atoms with Crippen molar-refractivity contribution >= 4 is 27.1 Å². The maximum Gasteiger partial charge on any atom is 0.298 e. The molecule has 1 fully saturated rings. The molecule has 1 aliphatic rings.